The molecule has 9 nitrogen and oxygen atoms in total. The third kappa shape index (κ3) is 4.04. The van der Waals surface area contributed by atoms with Gasteiger partial charge in [0.05, 0.1) is 16.7 Å². The minimum absolute atomic E-state index is 0.269. The summed E-state index contributed by atoms with van der Waals surface area (Å²) >= 11 is 0. The van der Waals surface area contributed by atoms with Crippen LogP contribution in [0.5, 0.6) is 0 Å². The van der Waals surface area contributed by atoms with Crippen LogP contribution in [0, 0.1) is 13.8 Å². The number of aromatic amines is 1. The number of aryl methyl sites for hydroxylation is 1. The van der Waals surface area contributed by atoms with Crippen molar-refractivity contribution in [2.75, 3.05) is 38.6 Å². The number of likely N-dealkylation sites (tertiary alicyclic amines) is 1. The van der Waals surface area contributed by atoms with Crippen molar-refractivity contribution >= 4 is 28.4 Å². The number of pyridine rings is 2. The van der Waals surface area contributed by atoms with E-state index >= 15 is 0 Å². The van der Waals surface area contributed by atoms with Gasteiger partial charge in [-0.2, -0.15) is 5.10 Å². The van der Waals surface area contributed by atoms with Gasteiger partial charge in [-0.1, -0.05) is 13.8 Å². The fourth-order valence-electron chi connectivity index (χ4n) is 6.41. The third-order valence-corrected chi connectivity index (χ3v) is 8.51. The molecule has 200 valence electrons. The SMILES string of the molecule is Cc1c(-c2[nH]c3ccc(N4[C@@H]5CC[C@H]4CN(C(=O)CCN(C)C)C5)nc3c2C(C)C)cn2ncnc2c1C. The van der Waals surface area contributed by atoms with Gasteiger partial charge in [0.15, 0.2) is 5.65 Å². The van der Waals surface area contributed by atoms with Crippen molar-refractivity contribution in [3.8, 4) is 11.3 Å². The Morgan fingerprint density at radius 2 is 1.87 bits per heavy atom. The Hall–Kier alpha value is -3.46. The van der Waals surface area contributed by atoms with E-state index in [-0.39, 0.29) is 11.8 Å². The van der Waals surface area contributed by atoms with Gasteiger partial charge < -0.3 is 19.7 Å². The molecule has 2 bridgehead atoms. The van der Waals surface area contributed by atoms with Gasteiger partial charge in [-0.05, 0) is 70.0 Å². The van der Waals surface area contributed by atoms with E-state index in [9.17, 15) is 4.79 Å². The van der Waals surface area contributed by atoms with Crippen molar-refractivity contribution in [3.63, 3.8) is 0 Å². The quantitative estimate of drug-likeness (QED) is 0.416. The van der Waals surface area contributed by atoms with Gasteiger partial charge in [-0.15, -0.1) is 0 Å². The first-order chi connectivity index (χ1) is 18.2. The minimum Gasteiger partial charge on any atom is -0.353 e. The van der Waals surface area contributed by atoms with E-state index in [1.807, 2.05) is 18.6 Å². The lowest BCUT2D eigenvalue weighted by molar-refractivity contribution is -0.132. The monoisotopic (exact) mass is 514 g/mol. The number of hydrogen-bond acceptors (Lipinski definition) is 6. The summed E-state index contributed by atoms with van der Waals surface area (Å²) < 4.78 is 1.86. The summed E-state index contributed by atoms with van der Waals surface area (Å²) in [4.78, 5) is 32.9. The summed E-state index contributed by atoms with van der Waals surface area (Å²) in [5, 5.41) is 4.41. The van der Waals surface area contributed by atoms with E-state index in [0.717, 1.165) is 71.8 Å². The molecule has 2 aliphatic heterocycles. The molecule has 2 aliphatic rings. The van der Waals surface area contributed by atoms with Gasteiger partial charge in [0.2, 0.25) is 5.91 Å². The molecule has 0 saturated carbocycles. The summed E-state index contributed by atoms with van der Waals surface area (Å²) in [7, 11) is 4.04. The van der Waals surface area contributed by atoms with Crippen LogP contribution in [-0.2, 0) is 4.79 Å². The zero-order valence-corrected chi connectivity index (χ0v) is 23.3. The smallest absolute Gasteiger partial charge is 0.223 e. The molecule has 2 atom stereocenters. The molecule has 0 unspecified atom stereocenters. The molecule has 38 heavy (non-hydrogen) atoms. The van der Waals surface area contributed by atoms with Gasteiger partial charge in [-0.25, -0.2) is 14.5 Å². The Bertz CT molecular complexity index is 1500. The summed E-state index contributed by atoms with van der Waals surface area (Å²) in [6, 6.07) is 4.97. The molecule has 2 saturated heterocycles. The topological polar surface area (TPSA) is 85.7 Å². The summed E-state index contributed by atoms with van der Waals surface area (Å²) in [6.45, 7) is 11.1. The van der Waals surface area contributed by atoms with Crippen LogP contribution in [0.3, 0.4) is 0 Å². The van der Waals surface area contributed by atoms with Crippen LogP contribution in [0.25, 0.3) is 27.9 Å². The second kappa shape index (κ2) is 9.38. The number of anilines is 1. The zero-order valence-electron chi connectivity index (χ0n) is 23.3. The maximum Gasteiger partial charge on any atom is 0.223 e. The highest BCUT2D eigenvalue weighted by Crippen LogP contribution is 2.40. The molecule has 9 heteroatoms. The van der Waals surface area contributed by atoms with Crippen molar-refractivity contribution < 1.29 is 4.79 Å². The molecule has 0 radical (unpaired) electrons. The number of carbonyl (C=O) groups excluding carboxylic acids is 1. The Morgan fingerprint density at radius 3 is 2.55 bits per heavy atom. The standard InChI is InChI=1S/C29H38N8O/c1-17(2)26-27(22-15-36-29(30-16-31-36)19(4)18(22)3)32-23-9-10-24(33-28(23)26)37-20-7-8-21(37)14-35(13-20)25(38)11-12-34(5)6/h9-10,15-17,20-21,32H,7-8,11-14H2,1-6H3/t20-,21+. The average Bonchev–Trinajstić information content (AvgIpc) is 3.57. The lowest BCUT2D eigenvalue weighted by Gasteiger charge is -2.42. The summed E-state index contributed by atoms with van der Waals surface area (Å²) in [6.07, 6.45) is 6.48. The molecule has 6 rings (SSSR count). The van der Waals surface area contributed by atoms with Crippen LogP contribution in [0.1, 0.15) is 55.7 Å². The number of nitrogens with one attached hydrogen (secondary N) is 1. The largest absolute Gasteiger partial charge is 0.353 e. The Labute approximate surface area is 223 Å². The van der Waals surface area contributed by atoms with Crippen LogP contribution in [0.2, 0.25) is 0 Å². The number of hydrogen-bond donors (Lipinski definition) is 1. The van der Waals surface area contributed by atoms with Crippen LogP contribution in [-0.4, -0.2) is 86.1 Å². The molecular weight excluding hydrogens is 476 g/mol. The number of carbonyl (C=O) groups is 1. The normalized spacial score (nSPS) is 19.6. The number of rotatable bonds is 6. The van der Waals surface area contributed by atoms with Crippen molar-refractivity contribution in [3.05, 3.63) is 41.3 Å². The molecule has 0 aliphatic carbocycles. The van der Waals surface area contributed by atoms with Crippen molar-refractivity contribution in [1.82, 2.24) is 34.4 Å². The maximum absolute atomic E-state index is 12.9. The van der Waals surface area contributed by atoms with Gasteiger partial charge >= 0.3 is 0 Å². The number of aromatic nitrogens is 5. The van der Waals surface area contributed by atoms with Crippen molar-refractivity contribution in [1.29, 1.82) is 0 Å². The lowest BCUT2D eigenvalue weighted by atomic mass is 9.95. The second-order valence-corrected chi connectivity index (χ2v) is 11.6. The molecule has 4 aromatic rings. The van der Waals surface area contributed by atoms with Crippen LogP contribution >= 0.6 is 0 Å². The van der Waals surface area contributed by atoms with E-state index in [4.69, 9.17) is 4.98 Å². The van der Waals surface area contributed by atoms with Crippen molar-refractivity contribution in [2.24, 2.45) is 0 Å². The Balaban J connectivity index is 1.36. The molecule has 4 aromatic heterocycles. The molecule has 1 amide bonds. The van der Waals surface area contributed by atoms with Gasteiger partial charge in [-0.3, -0.25) is 4.79 Å². The van der Waals surface area contributed by atoms with Gasteiger partial charge in [0.25, 0.3) is 0 Å². The fourth-order valence-corrected chi connectivity index (χ4v) is 6.41. The van der Waals surface area contributed by atoms with Gasteiger partial charge in [0.1, 0.15) is 12.1 Å². The van der Waals surface area contributed by atoms with E-state index in [2.05, 4.69) is 75.8 Å². The van der Waals surface area contributed by atoms with Gasteiger partial charge in [0, 0.05) is 55.5 Å². The minimum atomic E-state index is 0.269. The van der Waals surface area contributed by atoms with Crippen LogP contribution < -0.4 is 4.90 Å². The van der Waals surface area contributed by atoms with Crippen LogP contribution in [0.4, 0.5) is 5.82 Å². The van der Waals surface area contributed by atoms with Crippen LogP contribution in [0.15, 0.2) is 24.7 Å². The molecule has 0 aromatic carbocycles. The number of fused-ring (bicyclic) bond motifs is 4. The second-order valence-electron chi connectivity index (χ2n) is 11.6. The predicted molar refractivity (Wildman–Crippen MR) is 151 cm³/mol. The van der Waals surface area contributed by atoms with E-state index in [1.54, 1.807) is 6.33 Å². The Morgan fingerprint density at radius 1 is 1.13 bits per heavy atom. The summed E-state index contributed by atoms with van der Waals surface area (Å²) in [5.41, 5.74) is 8.78. The Kier molecular flexibility index (Phi) is 6.13. The van der Waals surface area contributed by atoms with Crippen molar-refractivity contribution in [2.45, 2.75) is 65.0 Å². The maximum atomic E-state index is 12.9. The molecule has 6 heterocycles. The highest BCUT2D eigenvalue weighted by atomic mass is 16.2. The average molecular weight is 515 g/mol. The molecular formula is C29H38N8O. The molecule has 2 fully saturated rings. The molecule has 0 spiro atoms. The number of nitrogens with zero attached hydrogens (tertiary/aromatic N) is 7. The summed E-state index contributed by atoms with van der Waals surface area (Å²) in [5.74, 6) is 1.58. The number of amides is 1. The number of H-pyrrole nitrogens is 1. The fraction of sp³-hybridized carbons (Fsp3) is 0.517. The zero-order chi connectivity index (χ0) is 26.7. The number of piperazine rings is 1. The first-order valence-electron chi connectivity index (χ1n) is 13.8. The first-order valence-corrected chi connectivity index (χ1v) is 13.8. The first kappa shape index (κ1) is 24.9. The van der Waals surface area contributed by atoms with E-state index in [0.29, 0.717) is 18.5 Å². The highest BCUT2D eigenvalue weighted by molar-refractivity contribution is 5.90. The highest BCUT2D eigenvalue weighted by Gasteiger charge is 2.42. The molecule has 1 N–H and O–H groups in total. The van der Waals surface area contributed by atoms with E-state index in [1.165, 1.54) is 11.1 Å². The predicted octanol–water partition coefficient (Wildman–Crippen LogP) is 4.14. The lowest BCUT2D eigenvalue weighted by Crippen LogP contribution is -2.56. The third-order valence-electron chi connectivity index (χ3n) is 8.51. The van der Waals surface area contributed by atoms with E-state index < -0.39 is 0 Å².